The monoisotopic (exact) mass is 334 g/mol. The van der Waals surface area contributed by atoms with Crippen LogP contribution < -0.4 is 14.8 Å². The molecule has 2 heterocycles. The molecule has 1 aromatic heterocycles. The van der Waals surface area contributed by atoms with Crippen LogP contribution in [0, 0.1) is 0 Å². The molecule has 0 fully saturated rings. The van der Waals surface area contributed by atoms with Crippen LogP contribution in [-0.2, 0) is 0 Å². The van der Waals surface area contributed by atoms with Gasteiger partial charge in [-0.25, -0.2) is 0 Å². The second-order valence-electron chi connectivity index (χ2n) is 5.84. The number of carbonyl (C=O) groups is 1. The van der Waals surface area contributed by atoms with Crippen LogP contribution in [0.5, 0.6) is 11.5 Å². The summed E-state index contributed by atoms with van der Waals surface area (Å²) >= 11 is 0. The molecule has 1 N–H and O–H groups in total. The Morgan fingerprint density at radius 2 is 1.72 bits per heavy atom. The highest BCUT2D eigenvalue weighted by Crippen LogP contribution is 2.30. The summed E-state index contributed by atoms with van der Waals surface area (Å²) in [5.74, 6) is 1.33. The predicted octanol–water partition coefficient (Wildman–Crippen LogP) is 3.05. The van der Waals surface area contributed by atoms with Gasteiger partial charge in [0.05, 0.1) is 6.54 Å². The van der Waals surface area contributed by atoms with E-state index >= 15 is 0 Å². The topological polar surface area (TPSA) is 52.5 Å². The van der Waals surface area contributed by atoms with Gasteiger partial charge in [0.2, 0.25) is 0 Å². The molecule has 1 aliphatic rings. The summed E-state index contributed by atoms with van der Waals surface area (Å²) in [6.07, 6.45) is 3.73. The third-order valence-corrected chi connectivity index (χ3v) is 4.09. The summed E-state index contributed by atoms with van der Waals surface area (Å²) in [6, 6.07) is 18.9. The van der Waals surface area contributed by atoms with Gasteiger partial charge in [-0.2, -0.15) is 0 Å². The highest BCUT2D eigenvalue weighted by Gasteiger charge is 2.21. The van der Waals surface area contributed by atoms with Gasteiger partial charge in [0.15, 0.2) is 11.5 Å². The Morgan fingerprint density at radius 1 is 1.00 bits per heavy atom. The van der Waals surface area contributed by atoms with E-state index in [2.05, 4.69) is 5.32 Å². The molecule has 1 aliphatic heterocycles. The van der Waals surface area contributed by atoms with Crippen LogP contribution in [0.3, 0.4) is 0 Å². The Morgan fingerprint density at radius 3 is 2.48 bits per heavy atom. The van der Waals surface area contributed by atoms with Gasteiger partial charge in [-0.1, -0.05) is 12.1 Å². The van der Waals surface area contributed by atoms with Gasteiger partial charge < -0.3 is 19.4 Å². The van der Waals surface area contributed by atoms with Gasteiger partial charge >= 0.3 is 0 Å². The smallest absolute Gasteiger partial charge is 0.251 e. The van der Waals surface area contributed by atoms with Crippen molar-refractivity contribution in [2.24, 2.45) is 0 Å². The molecule has 0 radical (unpaired) electrons. The van der Waals surface area contributed by atoms with Crippen molar-refractivity contribution >= 4 is 5.91 Å². The molecule has 5 nitrogen and oxygen atoms in total. The fraction of sp³-hybridized carbons (Fsp3) is 0.150. The molecule has 25 heavy (non-hydrogen) atoms. The molecule has 1 amide bonds. The minimum atomic E-state index is -0.196. The van der Waals surface area contributed by atoms with Gasteiger partial charge in [-0.3, -0.25) is 4.79 Å². The van der Waals surface area contributed by atoms with Crippen LogP contribution in [0.25, 0.3) is 5.69 Å². The van der Waals surface area contributed by atoms with E-state index in [1.165, 1.54) is 0 Å². The lowest BCUT2D eigenvalue weighted by Gasteiger charge is -2.26. The summed E-state index contributed by atoms with van der Waals surface area (Å²) in [5, 5.41) is 2.90. The molecule has 0 saturated carbocycles. The highest BCUT2D eigenvalue weighted by molar-refractivity contribution is 5.94. The Hall–Kier alpha value is -3.21. The molecule has 0 spiro atoms. The molecular formula is C20H18N2O3. The third-order valence-electron chi connectivity index (χ3n) is 4.09. The molecular weight excluding hydrogens is 316 g/mol. The summed E-state index contributed by atoms with van der Waals surface area (Å²) in [4.78, 5) is 12.3. The van der Waals surface area contributed by atoms with E-state index in [-0.39, 0.29) is 12.0 Å². The molecule has 5 heteroatoms. The molecule has 0 aliphatic carbocycles. The van der Waals surface area contributed by atoms with Crippen molar-refractivity contribution in [3.63, 3.8) is 0 Å². The largest absolute Gasteiger partial charge is 0.486 e. The first-order chi connectivity index (χ1) is 12.3. The number of amides is 1. The summed E-state index contributed by atoms with van der Waals surface area (Å²) in [5.41, 5.74) is 1.63. The van der Waals surface area contributed by atoms with Crippen molar-refractivity contribution in [2.75, 3.05) is 13.2 Å². The van der Waals surface area contributed by atoms with Crippen LogP contribution in [0.1, 0.15) is 10.4 Å². The first-order valence-electron chi connectivity index (χ1n) is 8.20. The minimum absolute atomic E-state index is 0.124. The maximum atomic E-state index is 12.3. The van der Waals surface area contributed by atoms with E-state index in [9.17, 15) is 4.79 Å². The molecule has 4 rings (SSSR count). The number of carbonyl (C=O) groups excluding carboxylic acids is 1. The molecule has 0 saturated heterocycles. The number of nitrogens with zero attached hydrogens (tertiary/aromatic N) is 1. The van der Waals surface area contributed by atoms with E-state index in [1.54, 1.807) is 0 Å². The lowest BCUT2D eigenvalue weighted by Crippen LogP contribution is -2.40. The van der Waals surface area contributed by atoms with Crippen molar-refractivity contribution in [2.45, 2.75) is 6.10 Å². The summed E-state index contributed by atoms with van der Waals surface area (Å²) in [6.45, 7) is 0.816. The number of ether oxygens (including phenoxy) is 2. The Balaban J connectivity index is 1.35. The zero-order valence-corrected chi connectivity index (χ0v) is 13.6. The van der Waals surface area contributed by atoms with Gasteiger partial charge in [0.25, 0.3) is 5.91 Å². The predicted molar refractivity (Wildman–Crippen MR) is 94.5 cm³/mol. The maximum Gasteiger partial charge on any atom is 0.251 e. The number of fused-ring (bicyclic) bond motifs is 1. The quantitative estimate of drug-likeness (QED) is 0.798. The van der Waals surface area contributed by atoms with Gasteiger partial charge in [-0.15, -0.1) is 0 Å². The minimum Gasteiger partial charge on any atom is -0.486 e. The van der Waals surface area contributed by atoms with E-state index < -0.39 is 0 Å². The molecule has 0 bridgehead atoms. The zero-order valence-electron chi connectivity index (χ0n) is 13.6. The van der Waals surface area contributed by atoms with Gasteiger partial charge in [-0.05, 0) is 48.5 Å². The first kappa shape index (κ1) is 15.3. The number of para-hydroxylation sites is 2. The lowest BCUT2D eigenvalue weighted by atomic mass is 10.2. The van der Waals surface area contributed by atoms with E-state index in [1.807, 2.05) is 77.6 Å². The van der Waals surface area contributed by atoms with Crippen LogP contribution >= 0.6 is 0 Å². The van der Waals surface area contributed by atoms with Crippen molar-refractivity contribution in [1.82, 2.24) is 9.88 Å². The third kappa shape index (κ3) is 3.35. The number of nitrogens with one attached hydrogen (secondary N) is 1. The number of hydrogen-bond acceptors (Lipinski definition) is 3. The van der Waals surface area contributed by atoms with E-state index in [0.717, 1.165) is 11.4 Å². The number of aromatic nitrogens is 1. The lowest BCUT2D eigenvalue weighted by molar-refractivity contribution is 0.0789. The molecule has 1 unspecified atom stereocenters. The van der Waals surface area contributed by atoms with Crippen LogP contribution in [0.4, 0.5) is 0 Å². The zero-order chi connectivity index (χ0) is 17.1. The van der Waals surface area contributed by atoms with Crippen LogP contribution in [0.15, 0.2) is 73.1 Å². The van der Waals surface area contributed by atoms with Crippen molar-refractivity contribution in [3.05, 3.63) is 78.6 Å². The first-order valence-corrected chi connectivity index (χ1v) is 8.20. The summed E-state index contributed by atoms with van der Waals surface area (Å²) in [7, 11) is 0. The average molecular weight is 334 g/mol. The number of benzene rings is 2. The SMILES string of the molecule is O=C(NCC1COc2ccccc2O1)c1ccc(-n2cccc2)cc1. The number of hydrogen-bond donors (Lipinski definition) is 1. The molecule has 126 valence electrons. The van der Waals surface area contributed by atoms with Crippen molar-refractivity contribution in [1.29, 1.82) is 0 Å². The van der Waals surface area contributed by atoms with E-state index in [4.69, 9.17) is 9.47 Å². The van der Waals surface area contributed by atoms with Crippen LogP contribution in [-0.4, -0.2) is 29.7 Å². The van der Waals surface area contributed by atoms with Crippen molar-refractivity contribution < 1.29 is 14.3 Å². The van der Waals surface area contributed by atoms with Crippen LogP contribution in [0.2, 0.25) is 0 Å². The standard InChI is InChI=1S/C20H18N2O3/c23-20(15-7-9-16(10-8-15)22-11-3-4-12-22)21-13-17-14-24-18-5-1-2-6-19(18)25-17/h1-12,17H,13-14H2,(H,21,23). The van der Waals surface area contributed by atoms with Crippen molar-refractivity contribution in [3.8, 4) is 17.2 Å². The normalized spacial score (nSPS) is 15.6. The Labute approximate surface area is 145 Å². The molecule has 3 aromatic rings. The fourth-order valence-electron chi connectivity index (χ4n) is 2.76. The molecule has 2 aromatic carbocycles. The summed E-state index contributed by atoms with van der Waals surface area (Å²) < 4.78 is 13.5. The van der Waals surface area contributed by atoms with Gasteiger partial charge in [0, 0.05) is 23.6 Å². The van der Waals surface area contributed by atoms with E-state index in [0.29, 0.717) is 24.5 Å². The van der Waals surface area contributed by atoms with Gasteiger partial charge in [0.1, 0.15) is 12.7 Å². The Kier molecular flexibility index (Phi) is 4.12. The second-order valence-corrected chi connectivity index (χ2v) is 5.84. The molecule has 1 atom stereocenters. The Bertz CT molecular complexity index is 857. The average Bonchev–Trinajstić information content (AvgIpc) is 3.21. The second kappa shape index (κ2) is 6.73. The fourth-order valence-corrected chi connectivity index (χ4v) is 2.76. The highest BCUT2D eigenvalue weighted by atomic mass is 16.6. The number of rotatable bonds is 4. The maximum absolute atomic E-state index is 12.3.